The van der Waals surface area contributed by atoms with Crippen LogP contribution in [0.4, 0.5) is 5.69 Å². The van der Waals surface area contributed by atoms with Crippen molar-refractivity contribution in [3.05, 3.63) is 65.2 Å². The van der Waals surface area contributed by atoms with E-state index >= 15 is 0 Å². The van der Waals surface area contributed by atoms with E-state index in [2.05, 4.69) is 15.6 Å². The Bertz CT molecular complexity index is 1100. The fourth-order valence-corrected chi connectivity index (χ4v) is 3.75. The van der Waals surface area contributed by atoms with Crippen LogP contribution in [-0.4, -0.2) is 35.9 Å². The van der Waals surface area contributed by atoms with E-state index in [-0.39, 0.29) is 25.3 Å². The average molecular weight is 453 g/mol. The van der Waals surface area contributed by atoms with E-state index in [4.69, 9.17) is 10.5 Å². The molecular weight excluding hydrogens is 428 g/mol. The van der Waals surface area contributed by atoms with E-state index in [1.165, 1.54) is 11.3 Å². The molecule has 0 spiro atoms. The minimum Gasteiger partial charge on any atom is -0.494 e. The number of hydrogen-bond acceptors (Lipinski definition) is 6. The lowest BCUT2D eigenvalue weighted by atomic mass is 10.1. The highest BCUT2D eigenvalue weighted by atomic mass is 32.1. The first kappa shape index (κ1) is 23.0. The summed E-state index contributed by atoms with van der Waals surface area (Å²) < 4.78 is 5.45. The van der Waals surface area contributed by atoms with Gasteiger partial charge in [-0.15, -0.1) is 11.3 Å². The molecule has 0 aliphatic carbocycles. The van der Waals surface area contributed by atoms with Gasteiger partial charge in [-0.25, -0.2) is 4.98 Å². The number of nitrogens with zero attached hydrogens (tertiary/aromatic N) is 1. The molecule has 0 saturated carbocycles. The van der Waals surface area contributed by atoms with Crippen LogP contribution in [-0.2, 0) is 16.0 Å². The van der Waals surface area contributed by atoms with E-state index in [9.17, 15) is 14.4 Å². The highest BCUT2D eigenvalue weighted by molar-refractivity contribution is 7.13. The van der Waals surface area contributed by atoms with E-state index in [0.717, 1.165) is 16.3 Å². The lowest BCUT2D eigenvalue weighted by Crippen LogP contribution is -2.29. The van der Waals surface area contributed by atoms with E-state index in [1.54, 1.807) is 24.3 Å². The molecule has 3 rings (SSSR count). The number of carbonyl (C=O) groups is 3. The van der Waals surface area contributed by atoms with E-state index < -0.39 is 11.8 Å². The number of aromatic nitrogens is 1. The molecule has 0 atom stereocenters. The monoisotopic (exact) mass is 452 g/mol. The maximum absolute atomic E-state index is 12.6. The highest BCUT2D eigenvalue weighted by Crippen LogP contribution is 2.26. The normalized spacial score (nSPS) is 10.4. The zero-order valence-electron chi connectivity index (χ0n) is 17.6. The molecule has 3 aromatic rings. The summed E-state index contributed by atoms with van der Waals surface area (Å²) in [5.41, 5.74) is 7.36. The second-order valence-corrected chi connectivity index (χ2v) is 7.70. The first-order chi connectivity index (χ1) is 15.5. The second kappa shape index (κ2) is 11.1. The number of nitrogens with two attached hydrogens (primary N) is 1. The molecule has 1 heterocycles. The van der Waals surface area contributed by atoms with Crippen molar-refractivity contribution >= 4 is 34.7 Å². The Morgan fingerprint density at radius 1 is 1.09 bits per heavy atom. The number of anilines is 1. The maximum Gasteiger partial charge on any atom is 0.253 e. The summed E-state index contributed by atoms with van der Waals surface area (Å²) in [5.74, 6) is -0.385. The molecule has 9 heteroatoms. The van der Waals surface area contributed by atoms with Crippen molar-refractivity contribution in [1.82, 2.24) is 10.3 Å². The third-order valence-electron chi connectivity index (χ3n) is 4.41. The molecule has 0 bridgehead atoms. The predicted octanol–water partition coefficient (Wildman–Crippen LogP) is 3.00. The Morgan fingerprint density at radius 2 is 1.84 bits per heavy atom. The Balaban J connectivity index is 1.62. The number of primary amides is 1. The lowest BCUT2D eigenvalue weighted by Gasteiger charge is -2.11. The Morgan fingerprint density at radius 3 is 2.56 bits per heavy atom. The van der Waals surface area contributed by atoms with Crippen LogP contribution in [0.1, 0.15) is 29.4 Å². The van der Waals surface area contributed by atoms with Crippen molar-refractivity contribution in [3.63, 3.8) is 0 Å². The van der Waals surface area contributed by atoms with Gasteiger partial charge in [0.1, 0.15) is 10.8 Å². The molecule has 4 N–H and O–H groups in total. The Hall–Kier alpha value is -3.72. The van der Waals surface area contributed by atoms with Gasteiger partial charge < -0.3 is 21.1 Å². The van der Waals surface area contributed by atoms with Gasteiger partial charge in [-0.05, 0) is 43.3 Å². The quantitative estimate of drug-likeness (QED) is 0.436. The summed E-state index contributed by atoms with van der Waals surface area (Å²) in [6, 6.07) is 14.3. The van der Waals surface area contributed by atoms with Gasteiger partial charge in [-0.1, -0.05) is 12.1 Å². The molecule has 0 saturated heterocycles. The van der Waals surface area contributed by atoms with Crippen molar-refractivity contribution < 1.29 is 19.1 Å². The van der Waals surface area contributed by atoms with Crippen LogP contribution < -0.4 is 21.1 Å². The molecular formula is C23H24N4O4S. The number of amides is 3. The summed E-state index contributed by atoms with van der Waals surface area (Å²) in [4.78, 5) is 40.3. The smallest absolute Gasteiger partial charge is 0.253 e. The average Bonchev–Trinajstić information content (AvgIpc) is 3.23. The predicted molar refractivity (Wildman–Crippen MR) is 124 cm³/mol. The van der Waals surface area contributed by atoms with Crippen LogP contribution >= 0.6 is 11.3 Å². The van der Waals surface area contributed by atoms with Crippen molar-refractivity contribution in [2.75, 3.05) is 18.5 Å². The van der Waals surface area contributed by atoms with E-state index in [1.807, 2.05) is 36.6 Å². The number of thiazole rings is 1. The van der Waals surface area contributed by atoms with Gasteiger partial charge in [0, 0.05) is 23.9 Å². The van der Waals surface area contributed by atoms with Gasteiger partial charge in [0.25, 0.3) is 5.91 Å². The SMILES string of the molecule is CCOc1ccc(-c2nc(CC(=O)Nc3ccccc3C(=O)NCCC(N)=O)cs2)cc1. The zero-order chi connectivity index (χ0) is 22.9. The third kappa shape index (κ3) is 6.39. The minimum absolute atomic E-state index is 0.0424. The lowest BCUT2D eigenvalue weighted by molar-refractivity contribution is -0.118. The van der Waals surface area contributed by atoms with Gasteiger partial charge in [0.05, 0.1) is 30.0 Å². The molecule has 2 aromatic carbocycles. The second-order valence-electron chi connectivity index (χ2n) is 6.84. The van der Waals surface area contributed by atoms with Crippen LogP contribution in [0.2, 0.25) is 0 Å². The maximum atomic E-state index is 12.6. The van der Waals surface area contributed by atoms with E-state index in [0.29, 0.717) is 23.6 Å². The molecule has 166 valence electrons. The molecule has 0 aliphatic heterocycles. The topological polar surface area (TPSA) is 123 Å². The first-order valence-electron chi connectivity index (χ1n) is 10.1. The van der Waals surface area contributed by atoms with Crippen molar-refractivity contribution in [1.29, 1.82) is 0 Å². The van der Waals surface area contributed by atoms with Gasteiger partial charge in [0.2, 0.25) is 11.8 Å². The van der Waals surface area contributed by atoms with Crippen molar-refractivity contribution in [3.8, 4) is 16.3 Å². The fraction of sp³-hybridized carbons (Fsp3) is 0.217. The highest BCUT2D eigenvalue weighted by Gasteiger charge is 2.15. The molecule has 32 heavy (non-hydrogen) atoms. The summed E-state index contributed by atoms with van der Waals surface area (Å²) in [6.45, 7) is 2.67. The number of carbonyl (C=O) groups excluding carboxylic acids is 3. The molecule has 0 radical (unpaired) electrons. The number of ether oxygens (including phenoxy) is 1. The Labute approximate surface area is 189 Å². The molecule has 0 aliphatic rings. The molecule has 3 amide bonds. The molecule has 0 unspecified atom stereocenters. The summed E-state index contributed by atoms with van der Waals surface area (Å²) in [5, 5.41) is 8.03. The molecule has 0 fully saturated rings. The number of benzene rings is 2. The van der Waals surface area contributed by atoms with Crippen molar-refractivity contribution in [2.45, 2.75) is 19.8 Å². The van der Waals surface area contributed by atoms with Crippen LogP contribution in [0.3, 0.4) is 0 Å². The van der Waals surface area contributed by atoms with Crippen LogP contribution in [0.15, 0.2) is 53.9 Å². The Kier molecular flexibility index (Phi) is 7.93. The van der Waals surface area contributed by atoms with Gasteiger partial charge in [-0.3, -0.25) is 14.4 Å². The number of rotatable bonds is 10. The largest absolute Gasteiger partial charge is 0.494 e. The fourth-order valence-electron chi connectivity index (χ4n) is 2.92. The standard InChI is InChI=1S/C23H24N4O4S/c1-2-31-17-9-7-15(8-10-17)23-26-16(14-32-23)13-21(29)27-19-6-4-3-5-18(19)22(30)25-12-11-20(24)28/h3-10,14H,2,11-13H2,1H3,(H2,24,28)(H,25,30)(H,27,29). The van der Waals surface area contributed by atoms with Crippen LogP contribution in [0, 0.1) is 0 Å². The molecule has 8 nitrogen and oxygen atoms in total. The minimum atomic E-state index is -0.500. The van der Waals surface area contributed by atoms with Crippen LogP contribution in [0.25, 0.3) is 10.6 Å². The third-order valence-corrected chi connectivity index (χ3v) is 5.35. The summed E-state index contributed by atoms with van der Waals surface area (Å²) >= 11 is 1.46. The first-order valence-corrected chi connectivity index (χ1v) is 11.0. The number of hydrogen-bond donors (Lipinski definition) is 3. The van der Waals surface area contributed by atoms with Crippen molar-refractivity contribution in [2.24, 2.45) is 5.73 Å². The number of para-hydroxylation sites is 1. The summed E-state index contributed by atoms with van der Waals surface area (Å²) in [6.07, 6.45) is 0.117. The van der Waals surface area contributed by atoms with Crippen LogP contribution in [0.5, 0.6) is 5.75 Å². The van der Waals surface area contributed by atoms with Gasteiger partial charge >= 0.3 is 0 Å². The molecule has 1 aromatic heterocycles. The zero-order valence-corrected chi connectivity index (χ0v) is 18.4. The summed E-state index contributed by atoms with van der Waals surface area (Å²) in [7, 11) is 0. The van der Waals surface area contributed by atoms with Gasteiger partial charge in [0.15, 0.2) is 0 Å². The van der Waals surface area contributed by atoms with Gasteiger partial charge in [-0.2, -0.15) is 0 Å². The number of nitrogens with one attached hydrogen (secondary N) is 2.